The minimum Gasteiger partial charge on any atom is -0.381 e. The van der Waals surface area contributed by atoms with Crippen LogP contribution < -0.4 is 5.73 Å². The molecule has 0 saturated heterocycles. The maximum atomic E-state index is 5.47. The fourth-order valence-electron chi connectivity index (χ4n) is 1.32. The number of anilines is 1. The highest BCUT2D eigenvalue weighted by atomic mass is 15.5. The number of nitrogens with zero attached hydrogens (tertiary/aromatic N) is 6. The van der Waals surface area contributed by atoms with Gasteiger partial charge in [0, 0.05) is 6.54 Å². The predicted molar refractivity (Wildman–Crippen MR) is 53.8 cm³/mol. The fourth-order valence-corrected chi connectivity index (χ4v) is 1.32. The van der Waals surface area contributed by atoms with Crippen molar-refractivity contribution in [2.75, 3.05) is 5.73 Å². The standard InChI is InChI=1S/C8H13N7/c1-2-3-14-8(10-6-12-14)5-15-11-4-7(9)13-15/h4,6H,2-3,5H2,1H3,(H2,9,13). The minimum atomic E-state index is 0.413. The van der Waals surface area contributed by atoms with Gasteiger partial charge in [0.15, 0.2) is 5.82 Å². The summed E-state index contributed by atoms with van der Waals surface area (Å²) in [6.45, 7) is 3.44. The highest BCUT2D eigenvalue weighted by molar-refractivity contribution is 5.19. The van der Waals surface area contributed by atoms with Crippen LogP contribution >= 0.6 is 0 Å². The van der Waals surface area contributed by atoms with Gasteiger partial charge in [-0.2, -0.15) is 15.0 Å². The van der Waals surface area contributed by atoms with Gasteiger partial charge in [-0.3, -0.25) is 0 Å². The normalized spacial score (nSPS) is 10.7. The average Bonchev–Trinajstić information content (AvgIpc) is 2.78. The molecule has 2 N–H and O–H groups in total. The van der Waals surface area contributed by atoms with Crippen LogP contribution in [0.4, 0.5) is 5.82 Å². The van der Waals surface area contributed by atoms with Crippen LogP contribution in [-0.4, -0.2) is 29.8 Å². The Balaban J connectivity index is 2.13. The number of hydrogen-bond donors (Lipinski definition) is 1. The highest BCUT2D eigenvalue weighted by Crippen LogP contribution is 1.99. The van der Waals surface area contributed by atoms with Gasteiger partial charge in [0.25, 0.3) is 0 Å². The van der Waals surface area contributed by atoms with Crippen molar-refractivity contribution < 1.29 is 0 Å². The summed E-state index contributed by atoms with van der Waals surface area (Å²) in [6.07, 6.45) is 4.07. The van der Waals surface area contributed by atoms with Gasteiger partial charge in [0.05, 0.1) is 6.20 Å². The van der Waals surface area contributed by atoms with Crippen LogP contribution in [0.3, 0.4) is 0 Å². The van der Waals surface area contributed by atoms with Crippen LogP contribution in [0.25, 0.3) is 0 Å². The molecule has 0 aromatic carbocycles. The zero-order chi connectivity index (χ0) is 10.7. The first kappa shape index (κ1) is 9.63. The van der Waals surface area contributed by atoms with Gasteiger partial charge in [0.2, 0.25) is 0 Å². The third kappa shape index (κ3) is 2.12. The molecule has 0 aliphatic carbocycles. The molecule has 2 aromatic heterocycles. The Kier molecular flexibility index (Phi) is 2.61. The molecule has 0 saturated carbocycles. The summed E-state index contributed by atoms with van der Waals surface area (Å²) in [7, 11) is 0. The van der Waals surface area contributed by atoms with Gasteiger partial charge in [-0.05, 0) is 6.42 Å². The zero-order valence-electron chi connectivity index (χ0n) is 8.54. The zero-order valence-corrected chi connectivity index (χ0v) is 8.54. The SMILES string of the molecule is CCCn1ncnc1Cn1ncc(N)n1. The summed E-state index contributed by atoms with van der Waals surface area (Å²) in [5.41, 5.74) is 5.47. The third-order valence-electron chi connectivity index (χ3n) is 1.97. The van der Waals surface area contributed by atoms with Crippen molar-refractivity contribution >= 4 is 5.82 Å². The van der Waals surface area contributed by atoms with Crippen molar-refractivity contribution in [2.45, 2.75) is 26.4 Å². The topological polar surface area (TPSA) is 87.4 Å². The Morgan fingerprint density at radius 3 is 2.93 bits per heavy atom. The first-order valence-corrected chi connectivity index (χ1v) is 4.82. The Morgan fingerprint density at radius 2 is 2.27 bits per heavy atom. The lowest BCUT2D eigenvalue weighted by molar-refractivity contribution is 0.510. The van der Waals surface area contributed by atoms with E-state index in [0.717, 1.165) is 18.8 Å². The molecule has 0 aliphatic heterocycles. The molecule has 15 heavy (non-hydrogen) atoms. The van der Waals surface area contributed by atoms with E-state index < -0.39 is 0 Å². The number of aromatic nitrogens is 6. The van der Waals surface area contributed by atoms with Crippen LogP contribution in [0, 0.1) is 0 Å². The molecule has 2 heterocycles. The maximum absolute atomic E-state index is 5.47. The molecule has 0 aliphatic rings. The van der Waals surface area contributed by atoms with Crippen LogP contribution in [0.15, 0.2) is 12.5 Å². The monoisotopic (exact) mass is 207 g/mol. The Labute approximate surface area is 86.9 Å². The highest BCUT2D eigenvalue weighted by Gasteiger charge is 2.05. The van der Waals surface area contributed by atoms with Crippen molar-refractivity contribution in [3.05, 3.63) is 18.3 Å². The summed E-state index contributed by atoms with van der Waals surface area (Å²) >= 11 is 0. The van der Waals surface area contributed by atoms with Crippen LogP contribution in [0.2, 0.25) is 0 Å². The third-order valence-corrected chi connectivity index (χ3v) is 1.97. The molecule has 7 heteroatoms. The van der Waals surface area contributed by atoms with Crippen molar-refractivity contribution in [1.82, 2.24) is 29.8 Å². The Bertz CT molecular complexity index is 430. The summed E-state index contributed by atoms with van der Waals surface area (Å²) < 4.78 is 1.85. The lowest BCUT2D eigenvalue weighted by Crippen LogP contribution is -2.12. The van der Waals surface area contributed by atoms with Crippen molar-refractivity contribution in [2.24, 2.45) is 0 Å². The quantitative estimate of drug-likeness (QED) is 0.757. The molecule has 0 radical (unpaired) electrons. The molecule has 2 aromatic rings. The number of rotatable bonds is 4. The average molecular weight is 207 g/mol. The molecule has 0 spiro atoms. The first-order chi connectivity index (χ1) is 7.29. The van der Waals surface area contributed by atoms with Gasteiger partial charge < -0.3 is 5.73 Å². The van der Waals surface area contributed by atoms with Gasteiger partial charge >= 0.3 is 0 Å². The summed E-state index contributed by atoms with van der Waals surface area (Å²) in [5.74, 6) is 1.25. The molecular formula is C8H13N7. The van der Waals surface area contributed by atoms with Crippen molar-refractivity contribution in [1.29, 1.82) is 0 Å². The number of nitrogens with two attached hydrogens (primary N) is 1. The predicted octanol–water partition coefficient (Wildman–Crippen LogP) is -0.0899. The van der Waals surface area contributed by atoms with Gasteiger partial charge in [-0.1, -0.05) is 6.92 Å². The van der Waals surface area contributed by atoms with Crippen LogP contribution in [0.5, 0.6) is 0 Å². The number of hydrogen-bond acceptors (Lipinski definition) is 5. The molecule has 0 amide bonds. The molecular weight excluding hydrogens is 194 g/mol. The van der Waals surface area contributed by atoms with E-state index in [0.29, 0.717) is 12.4 Å². The lowest BCUT2D eigenvalue weighted by atomic mass is 10.5. The smallest absolute Gasteiger partial charge is 0.165 e. The second kappa shape index (κ2) is 4.07. The molecule has 7 nitrogen and oxygen atoms in total. The van der Waals surface area contributed by atoms with Crippen LogP contribution in [-0.2, 0) is 13.1 Å². The van der Waals surface area contributed by atoms with Crippen molar-refractivity contribution in [3.63, 3.8) is 0 Å². The van der Waals surface area contributed by atoms with E-state index in [-0.39, 0.29) is 0 Å². The van der Waals surface area contributed by atoms with E-state index >= 15 is 0 Å². The van der Waals surface area contributed by atoms with E-state index in [1.165, 1.54) is 17.3 Å². The van der Waals surface area contributed by atoms with E-state index in [1.807, 2.05) is 4.68 Å². The van der Waals surface area contributed by atoms with Gasteiger partial charge in [0.1, 0.15) is 18.7 Å². The van der Waals surface area contributed by atoms with E-state index in [4.69, 9.17) is 5.73 Å². The summed E-state index contributed by atoms with van der Waals surface area (Å²) in [6, 6.07) is 0. The second-order valence-corrected chi connectivity index (χ2v) is 3.20. The molecule has 0 unspecified atom stereocenters. The maximum Gasteiger partial charge on any atom is 0.165 e. The second-order valence-electron chi connectivity index (χ2n) is 3.20. The van der Waals surface area contributed by atoms with Crippen LogP contribution in [0.1, 0.15) is 19.2 Å². The lowest BCUT2D eigenvalue weighted by Gasteiger charge is -2.02. The van der Waals surface area contributed by atoms with Gasteiger partial charge in [-0.15, -0.1) is 5.10 Å². The van der Waals surface area contributed by atoms with E-state index in [9.17, 15) is 0 Å². The van der Waals surface area contributed by atoms with E-state index in [1.54, 1.807) is 0 Å². The molecule has 2 rings (SSSR count). The largest absolute Gasteiger partial charge is 0.381 e. The molecule has 0 atom stereocenters. The molecule has 80 valence electrons. The number of nitrogen functional groups attached to an aromatic ring is 1. The fraction of sp³-hybridized carbons (Fsp3) is 0.500. The van der Waals surface area contributed by atoms with Gasteiger partial charge in [-0.25, -0.2) is 9.67 Å². The first-order valence-electron chi connectivity index (χ1n) is 4.82. The Hall–Kier alpha value is -1.92. The molecule has 0 bridgehead atoms. The minimum absolute atomic E-state index is 0.413. The summed E-state index contributed by atoms with van der Waals surface area (Å²) in [4.78, 5) is 5.66. The number of aryl methyl sites for hydroxylation is 1. The summed E-state index contributed by atoms with van der Waals surface area (Å²) in [5, 5.41) is 12.1. The van der Waals surface area contributed by atoms with Crippen molar-refractivity contribution in [3.8, 4) is 0 Å². The van der Waals surface area contributed by atoms with E-state index in [2.05, 4.69) is 27.2 Å². The molecule has 0 fully saturated rings. The Morgan fingerprint density at radius 1 is 1.40 bits per heavy atom.